The van der Waals surface area contributed by atoms with Gasteiger partial charge in [-0.3, -0.25) is 0 Å². The van der Waals surface area contributed by atoms with Gasteiger partial charge in [0.05, 0.1) is 26.2 Å². The summed E-state index contributed by atoms with van der Waals surface area (Å²) < 4.78 is 16.3. The average Bonchev–Trinajstić information content (AvgIpc) is 2.53. The van der Waals surface area contributed by atoms with Crippen LogP contribution >= 0.6 is 15.9 Å². The van der Waals surface area contributed by atoms with Crippen LogP contribution < -0.4 is 14.2 Å². The van der Waals surface area contributed by atoms with Crippen molar-refractivity contribution in [2.24, 2.45) is 0 Å². The first-order valence-electron chi connectivity index (χ1n) is 6.61. The second-order valence-corrected chi connectivity index (χ2v) is 5.61. The summed E-state index contributed by atoms with van der Waals surface area (Å²) in [5.41, 5.74) is 3.39. The van der Waals surface area contributed by atoms with Crippen molar-refractivity contribution >= 4 is 15.9 Å². The van der Waals surface area contributed by atoms with Gasteiger partial charge in [0.1, 0.15) is 0 Å². The number of aryl methyl sites for hydroxylation is 1. The summed E-state index contributed by atoms with van der Waals surface area (Å²) in [6, 6.07) is 12.3. The van der Waals surface area contributed by atoms with E-state index in [0.29, 0.717) is 17.2 Å². The number of hydrogen-bond donors (Lipinski definition) is 0. The van der Waals surface area contributed by atoms with Crippen LogP contribution in [-0.4, -0.2) is 21.3 Å². The molecule has 0 heterocycles. The summed E-state index contributed by atoms with van der Waals surface area (Å²) in [4.78, 5) is 0.0212. The van der Waals surface area contributed by atoms with Crippen LogP contribution in [0.2, 0.25) is 0 Å². The molecule has 4 heteroatoms. The third-order valence-corrected chi connectivity index (χ3v) is 4.40. The molecule has 2 aromatic rings. The number of hydrogen-bond acceptors (Lipinski definition) is 3. The van der Waals surface area contributed by atoms with Crippen molar-refractivity contribution in [3.8, 4) is 17.2 Å². The van der Waals surface area contributed by atoms with E-state index in [4.69, 9.17) is 14.2 Å². The molecule has 0 fully saturated rings. The van der Waals surface area contributed by atoms with Gasteiger partial charge in [0.25, 0.3) is 0 Å². The monoisotopic (exact) mass is 350 g/mol. The van der Waals surface area contributed by atoms with Gasteiger partial charge in [-0.05, 0) is 24.6 Å². The molecular weight excluding hydrogens is 332 g/mol. The van der Waals surface area contributed by atoms with Gasteiger partial charge in [-0.2, -0.15) is 0 Å². The Morgan fingerprint density at radius 1 is 0.810 bits per heavy atom. The number of rotatable bonds is 5. The lowest BCUT2D eigenvalue weighted by Gasteiger charge is -2.19. The molecule has 0 saturated heterocycles. The Morgan fingerprint density at radius 3 is 1.95 bits per heavy atom. The Bertz CT molecular complexity index is 608. The molecule has 0 N–H and O–H groups in total. The third kappa shape index (κ3) is 3.16. The molecule has 0 aromatic heterocycles. The van der Waals surface area contributed by atoms with Crippen LogP contribution in [0.3, 0.4) is 0 Å². The highest BCUT2D eigenvalue weighted by atomic mass is 79.9. The number of alkyl halides is 1. The van der Waals surface area contributed by atoms with E-state index in [1.54, 1.807) is 21.3 Å². The van der Waals surface area contributed by atoms with Gasteiger partial charge in [-0.15, -0.1) is 0 Å². The fraction of sp³-hybridized carbons (Fsp3) is 0.294. The first-order chi connectivity index (χ1) is 10.1. The maximum absolute atomic E-state index is 5.54. The second-order valence-electron chi connectivity index (χ2n) is 4.70. The summed E-state index contributed by atoms with van der Waals surface area (Å²) in [7, 11) is 4.86. The highest BCUT2D eigenvalue weighted by Gasteiger charge is 2.21. The number of benzene rings is 2. The van der Waals surface area contributed by atoms with E-state index < -0.39 is 0 Å². The molecule has 0 aliphatic rings. The van der Waals surface area contributed by atoms with Crippen molar-refractivity contribution in [3.63, 3.8) is 0 Å². The molecule has 0 aliphatic carbocycles. The van der Waals surface area contributed by atoms with Crippen molar-refractivity contribution in [2.75, 3.05) is 21.3 Å². The topological polar surface area (TPSA) is 27.7 Å². The van der Waals surface area contributed by atoms with Crippen molar-refractivity contribution < 1.29 is 14.2 Å². The Morgan fingerprint density at radius 2 is 1.43 bits per heavy atom. The minimum absolute atomic E-state index is 0.0212. The van der Waals surface area contributed by atoms with E-state index in [2.05, 4.69) is 47.1 Å². The van der Waals surface area contributed by atoms with Crippen LogP contribution in [0.4, 0.5) is 0 Å². The molecule has 112 valence electrons. The maximum Gasteiger partial charge on any atom is 0.203 e. The summed E-state index contributed by atoms with van der Waals surface area (Å²) in [6.07, 6.45) is 0. The molecule has 0 saturated carbocycles. The molecule has 0 bridgehead atoms. The lowest BCUT2D eigenvalue weighted by molar-refractivity contribution is 0.322. The Hall–Kier alpha value is -1.68. The van der Waals surface area contributed by atoms with Gasteiger partial charge in [0.15, 0.2) is 11.5 Å². The molecule has 21 heavy (non-hydrogen) atoms. The van der Waals surface area contributed by atoms with Crippen LogP contribution in [0.15, 0.2) is 36.4 Å². The van der Waals surface area contributed by atoms with E-state index in [-0.39, 0.29) is 4.83 Å². The molecule has 0 radical (unpaired) electrons. The van der Waals surface area contributed by atoms with Crippen molar-refractivity contribution in [1.29, 1.82) is 0 Å². The molecule has 3 nitrogen and oxygen atoms in total. The second kappa shape index (κ2) is 6.85. The van der Waals surface area contributed by atoms with E-state index >= 15 is 0 Å². The van der Waals surface area contributed by atoms with Gasteiger partial charge in [-0.25, -0.2) is 0 Å². The zero-order valence-corrected chi connectivity index (χ0v) is 14.2. The van der Waals surface area contributed by atoms with E-state index in [0.717, 1.165) is 11.1 Å². The van der Waals surface area contributed by atoms with Crippen LogP contribution in [0.5, 0.6) is 17.2 Å². The quantitative estimate of drug-likeness (QED) is 0.742. The van der Waals surface area contributed by atoms with Crippen molar-refractivity contribution in [1.82, 2.24) is 0 Å². The van der Waals surface area contributed by atoms with E-state index in [1.807, 2.05) is 12.1 Å². The highest BCUT2D eigenvalue weighted by Crippen LogP contribution is 2.45. The number of methoxy groups -OCH3 is 3. The van der Waals surface area contributed by atoms with Gasteiger partial charge in [0, 0.05) is 5.56 Å². The van der Waals surface area contributed by atoms with E-state index in [9.17, 15) is 0 Å². The Kier molecular flexibility index (Phi) is 5.12. The smallest absolute Gasteiger partial charge is 0.203 e. The standard InChI is InChI=1S/C17H19BrO3/c1-11-5-7-12(8-6-11)15(18)13-9-10-14(19-2)17(21-4)16(13)20-3/h5-10,15H,1-4H3. The predicted octanol–water partition coefficient (Wildman–Crippen LogP) is 4.51. The normalized spacial score (nSPS) is 11.9. The van der Waals surface area contributed by atoms with Gasteiger partial charge >= 0.3 is 0 Å². The third-order valence-electron chi connectivity index (χ3n) is 3.38. The maximum atomic E-state index is 5.54. The number of halogens is 1. The molecule has 0 amide bonds. The molecule has 2 aromatic carbocycles. The molecule has 1 atom stereocenters. The first kappa shape index (κ1) is 15.7. The fourth-order valence-corrected chi connectivity index (χ4v) is 2.90. The minimum atomic E-state index is 0.0212. The fourth-order valence-electron chi connectivity index (χ4n) is 2.24. The van der Waals surface area contributed by atoms with Crippen LogP contribution in [0.1, 0.15) is 21.5 Å². The van der Waals surface area contributed by atoms with Gasteiger partial charge in [0.2, 0.25) is 5.75 Å². The highest BCUT2D eigenvalue weighted by molar-refractivity contribution is 9.09. The lowest BCUT2D eigenvalue weighted by Crippen LogP contribution is -2.01. The molecular formula is C17H19BrO3. The van der Waals surface area contributed by atoms with Gasteiger partial charge < -0.3 is 14.2 Å². The molecule has 2 rings (SSSR count). The summed E-state index contributed by atoms with van der Waals surface area (Å²) in [5.74, 6) is 1.94. The Balaban J connectivity index is 2.50. The van der Waals surface area contributed by atoms with Crippen molar-refractivity contribution in [3.05, 3.63) is 53.1 Å². The van der Waals surface area contributed by atoms with Crippen molar-refractivity contribution in [2.45, 2.75) is 11.8 Å². The summed E-state index contributed by atoms with van der Waals surface area (Å²) in [6.45, 7) is 2.07. The summed E-state index contributed by atoms with van der Waals surface area (Å²) >= 11 is 3.74. The molecule has 0 spiro atoms. The molecule has 0 aliphatic heterocycles. The molecule has 1 unspecified atom stereocenters. The predicted molar refractivity (Wildman–Crippen MR) is 88.0 cm³/mol. The van der Waals surface area contributed by atoms with Crippen LogP contribution in [-0.2, 0) is 0 Å². The Labute approximate surface area is 134 Å². The van der Waals surface area contributed by atoms with E-state index in [1.165, 1.54) is 5.56 Å². The SMILES string of the molecule is COc1ccc(C(Br)c2ccc(C)cc2)c(OC)c1OC. The minimum Gasteiger partial charge on any atom is -0.493 e. The zero-order valence-electron chi connectivity index (χ0n) is 12.6. The lowest BCUT2D eigenvalue weighted by atomic mass is 10.0. The van der Waals surface area contributed by atoms with Crippen LogP contribution in [0.25, 0.3) is 0 Å². The van der Waals surface area contributed by atoms with Crippen LogP contribution in [0, 0.1) is 6.92 Å². The first-order valence-corrected chi connectivity index (χ1v) is 7.53. The largest absolute Gasteiger partial charge is 0.493 e. The zero-order chi connectivity index (χ0) is 15.4. The average molecular weight is 351 g/mol. The summed E-state index contributed by atoms with van der Waals surface area (Å²) in [5, 5.41) is 0. The van der Waals surface area contributed by atoms with Gasteiger partial charge in [-0.1, -0.05) is 45.8 Å². The number of ether oxygens (including phenoxy) is 3.